The quantitative estimate of drug-likeness (QED) is 0.502. The molecule has 1 aliphatic rings. The van der Waals surface area contributed by atoms with Crippen molar-refractivity contribution in [1.82, 2.24) is 10.2 Å². The highest BCUT2D eigenvalue weighted by molar-refractivity contribution is 5.75. The first kappa shape index (κ1) is 19.9. The highest BCUT2D eigenvalue weighted by Gasteiger charge is 2.41. The minimum absolute atomic E-state index is 0.0628. The van der Waals surface area contributed by atoms with Crippen LogP contribution in [0.2, 0.25) is 0 Å². The van der Waals surface area contributed by atoms with Crippen LogP contribution in [0.5, 0.6) is 0 Å². The zero-order valence-electron chi connectivity index (χ0n) is 12.8. The second-order valence-electron chi connectivity index (χ2n) is 5.49. The van der Waals surface area contributed by atoms with E-state index < -0.39 is 37.1 Å². The zero-order valence-corrected chi connectivity index (χ0v) is 12.8. The number of carbonyl (C=O) groups excluding carboxylic acids is 1. The second kappa shape index (κ2) is 8.62. The lowest BCUT2D eigenvalue weighted by Crippen LogP contribution is -2.66. The van der Waals surface area contributed by atoms with E-state index in [1.807, 2.05) is 0 Å². The average Bonchev–Trinajstić information content (AvgIpc) is 2.47. The van der Waals surface area contributed by atoms with Crippen LogP contribution in [0.1, 0.15) is 19.8 Å². The molecule has 0 aromatic heterocycles. The first-order valence-electron chi connectivity index (χ1n) is 7.44. The summed E-state index contributed by atoms with van der Waals surface area (Å²) in [4.78, 5) is 13.0. The number of aliphatic hydroxyl groups excluding tert-OH is 3. The van der Waals surface area contributed by atoms with Crippen LogP contribution in [-0.2, 0) is 4.79 Å². The summed E-state index contributed by atoms with van der Waals surface area (Å²) in [6.45, 7) is 1.47. The van der Waals surface area contributed by atoms with Crippen molar-refractivity contribution < 1.29 is 33.3 Å². The van der Waals surface area contributed by atoms with Crippen molar-refractivity contribution >= 4 is 5.91 Å². The van der Waals surface area contributed by atoms with E-state index in [4.69, 9.17) is 0 Å². The topological polar surface area (TPSA) is 93.0 Å². The molecule has 0 aromatic carbocycles. The molecular weight excluding hydrogens is 317 g/mol. The number of carbonyl (C=O) groups is 1. The highest BCUT2D eigenvalue weighted by atomic mass is 19.4. The maximum absolute atomic E-state index is 12.1. The first-order chi connectivity index (χ1) is 10.7. The van der Waals surface area contributed by atoms with Gasteiger partial charge < -0.3 is 20.6 Å². The van der Waals surface area contributed by atoms with Gasteiger partial charge in [0.15, 0.2) is 0 Å². The molecule has 0 bridgehead atoms. The fourth-order valence-electron chi connectivity index (χ4n) is 2.56. The van der Waals surface area contributed by atoms with E-state index in [2.05, 4.69) is 5.32 Å². The Morgan fingerprint density at radius 1 is 1.35 bits per heavy atom. The van der Waals surface area contributed by atoms with E-state index in [0.29, 0.717) is 0 Å². The molecule has 1 saturated heterocycles. The van der Waals surface area contributed by atoms with Gasteiger partial charge in [-0.25, -0.2) is 0 Å². The molecule has 0 radical (unpaired) electrons. The molecule has 9 heteroatoms. The predicted molar refractivity (Wildman–Crippen MR) is 76.5 cm³/mol. The molecule has 0 aliphatic carbocycles. The van der Waals surface area contributed by atoms with Crippen molar-refractivity contribution in [3.63, 3.8) is 0 Å². The average molecular weight is 340 g/mol. The number of likely N-dealkylation sites (tertiary alicyclic amines) is 1. The minimum Gasteiger partial charge on any atom is -0.395 e. The Hall–Kier alpha value is -1.16. The molecule has 4 N–H and O–H groups in total. The Morgan fingerprint density at radius 3 is 2.52 bits per heavy atom. The van der Waals surface area contributed by atoms with Gasteiger partial charge in [-0.2, -0.15) is 13.2 Å². The van der Waals surface area contributed by atoms with Crippen LogP contribution in [0, 0.1) is 0 Å². The number of nitrogens with zero attached hydrogens (tertiary/aromatic N) is 1. The normalized spacial score (nSPS) is 29.9. The maximum atomic E-state index is 12.1. The van der Waals surface area contributed by atoms with Crippen LogP contribution in [0.15, 0.2) is 12.2 Å². The van der Waals surface area contributed by atoms with E-state index in [-0.39, 0.29) is 37.9 Å². The molecule has 0 unspecified atom stereocenters. The SMILES string of the molecule is CCC(=O)N[C@H]1CN(CCC=CC(F)(F)F)[C@H](CO)[C@@H](O)[C@@H]1O. The van der Waals surface area contributed by atoms with Crippen LogP contribution in [-0.4, -0.2) is 76.3 Å². The third kappa shape index (κ3) is 6.09. The van der Waals surface area contributed by atoms with Crippen molar-refractivity contribution in [2.45, 2.75) is 50.2 Å². The molecule has 1 rings (SSSR count). The molecule has 134 valence electrons. The van der Waals surface area contributed by atoms with Crippen LogP contribution < -0.4 is 5.32 Å². The Labute approximate surface area is 132 Å². The van der Waals surface area contributed by atoms with Gasteiger partial charge in [-0.05, 0) is 6.42 Å². The van der Waals surface area contributed by atoms with Crippen molar-refractivity contribution in [1.29, 1.82) is 0 Å². The fourth-order valence-corrected chi connectivity index (χ4v) is 2.56. The summed E-state index contributed by atoms with van der Waals surface area (Å²) in [5, 5.41) is 32.0. The Balaban J connectivity index is 2.70. The summed E-state index contributed by atoms with van der Waals surface area (Å²) >= 11 is 0. The van der Waals surface area contributed by atoms with Crippen LogP contribution in [0.25, 0.3) is 0 Å². The summed E-state index contributed by atoms with van der Waals surface area (Å²) in [5.41, 5.74) is 0. The highest BCUT2D eigenvalue weighted by Crippen LogP contribution is 2.20. The number of nitrogens with one attached hydrogen (secondary N) is 1. The minimum atomic E-state index is -4.38. The fraction of sp³-hybridized carbons (Fsp3) is 0.786. The number of hydrogen-bond acceptors (Lipinski definition) is 5. The summed E-state index contributed by atoms with van der Waals surface area (Å²) in [5.74, 6) is -0.305. The zero-order chi connectivity index (χ0) is 17.6. The number of halogens is 3. The number of piperidine rings is 1. The predicted octanol–water partition coefficient (Wildman–Crippen LogP) is -0.212. The Kier molecular flexibility index (Phi) is 7.46. The van der Waals surface area contributed by atoms with E-state index >= 15 is 0 Å². The van der Waals surface area contributed by atoms with E-state index in [0.717, 1.165) is 6.08 Å². The molecule has 23 heavy (non-hydrogen) atoms. The molecule has 0 aromatic rings. The van der Waals surface area contributed by atoms with E-state index in [9.17, 15) is 33.3 Å². The molecule has 6 nitrogen and oxygen atoms in total. The molecule has 0 saturated carbocycles. The van der Waals surface area contributed by atoms with Gasteiger partial charge in [0.25, 0.3) is 0 Å². The smallest absolute Gasteiger partial charge is 0.395 e. The monoisotopic (exact) mass is 340 g/mol. The van der Waals surface area contributed by atoms with Gasteiger partial charge in [0.05, 0.1) is 24.8 Å². The molecular formula is C14H23F3N2O4. The third-order valence-corrected chi connectivity index (χ3v) is 3.80. The maximum Gasteiger partial charge on any atom is 0.409 e. The Bertz CT molecular complexity index is 417. The number of rotatable bonds is 6. The van der Waals surface area contributed by atoms with Crippen molar-refractivity contribution in [3.05, 3.63) is 12.2 Å². The van der Waals surface area contributed by atoms with Gasteiger partial charge in [0.1, 0.15) is 6.10 Å². The van der Waals surface area contributed by atoms with Crippen molar-refractivity contribution in [2.75, 3.05) is 19.7 Å². The number of hydrogen-bond donors (Lipinski definition) is 4. The van der Waals surface area contributed by atoms with Crippen LogP contribution >= 0.6 is 0 Å². The van der Waals surface area contributed by atoms with Crippen molar-refractivity contribution in [2.24, 2.45) is 0 Å². The largest absolute Gasteiger partial charge is 0.409 e. The summed E-state index contributed by atoms with van der Waals surface area (Å²) in [6, 6.07) is -1.54. The molecule has 1 aliphatic heterocycles. The lowest BCUT2D eigenvalue weighted by molar-refractivity contribution is -0.130. The molecule has 4 atom stereocenters. The lowest BCUT2D eigenvalue weighted by atomic mass is 9.92. The summed E-state index contributed by atoms with van der Waals surface area (Å²) < 4.78 is 36.2. The van der Waals surface area contributed by atoms with Crippen LogP contribution in [0.3, 0.4) is 0 Å². The summed E-state index contributed by atoms with van der Waals surface area (Å²) in [7, 11) is 0. The number of amides is 1. The first-order valence-corrected chi connectivity index (χ1v) is 7.44. The van der Waals surface area contributed by atoms with Gasteiger partial charge in [-0.15, -0.1) is 0 Å². The standard InChI is InChI=1S/C14H23F3N2O4/c1-2-11(21)18-9-7-19(6-4-3-5-14(15,16)17)10(8-20)13(23)12(9)22/h3,5,9-10,12-13,20,22-23H,2,4,6-8H2,1H3,(H,18,21)/t9-,10+,12+,13+/m0/s1. The van der Waals surface area contributed by atoms with Gasteiger partial charge in [-0.3, -0.25) is 9.69 Å². The molecule has 1 heterocycles. The molecule has 1 fully saturated rings. The van der Waals surface area contributed by atoms with E-state index in [1.165, 1.54) is 0 Å². The summed E-state index contributed by atoms with van der Waals surface area (Å²) in [6.07, 6.45) is -5.57. The van der Waals surface area contributed by atoms with Gasteiger partial charge in [0, 0.05) is 25.6 Å². The lowest BCUT2D eigenvalue weighted by Gasteiger charge is -2.45. The van der Waals surface area contributed by atoms with E-state index in [1.54, 1.807) is 11.8 Å². The number of alkyl halides is 3. The van der Waals surface area contributed by atoms with Gasteiger partial charge >= 0.3 is 6.18 Å². The number of allylic oxidation sites excluding steroid dienone is 1. The van der Waals surface area contributed by atoms with Gasteiger partial charge in [-0.1, -0.05) is 13.0 Å². The second-order valence-corrected chi connectivity index (χ2v) is 5.49. The molecule has 0 spiro atoms. The Morgan fingerprint density at radius 2 is 2.00 bits per heavy atom. The van der Waals surface area contributed by atoms with Gasteiger partial charge in [0.2, 0.25) is 5.91 Å². The molecule has 1 amide bonds. The van der Waals surface area contributed by atoms with Crippen molar-refractivity contribution in [3.8, 4) is 0 Å². The van der Waals surface area contributed by atoms with Crippen LogP contribution in [0.4, 0.5) is 13.2 Å². The third-order valence-electron chi connectivity index (χ3n) is 3.80. The number of aliphatic hydroxyl groups is 3.